The van der Waals surface area contributed by atoms with Gasteiger partial charge < -0.3 is 0 Å². The minimum absolute atomic E-state index is 0.255. The fourth-order valence-corrected chi connectivity index (χ4v) is 5.85. The van der Waals surface area contributed by atoms with Crippen LogP contribution < -0.4 is 0 Å². The van der Waals surface area contributed by atoms with Gasteiger partial charge in [-0.2, -0.15) is 0 Å². The number of rotatable bonds is 9. The lowest BCUT2D eigenvalue weighted by molar-refractivity contribution is 0.669. The molecule has 2 atom stereocenters. The summed E-state index contributed by atoms with van der Waals surface area (Å²) in [6.45, 7) is 27.8. The van der Waals surface area contributed by atoms with Gasteiger partial charge in [0.05, 0.1) is 0 Å². The molecule has 0 aliphatic heterocycles. The Labute approximate surface area is 151 Å². The quantitative estimate of drug-likeness (QED) is 0.240. The molecule has 0 aromatic rings. The molecule has 0 fully saturated rings. The molecule has 0 rings (SSSR count). The van der Waals surface area contributed by atoms with Crippen molar-refractivity contribution in [3.8, 4) is 0 Å². The second-order valence-corrected chi connectivity index (χ2v) is 14.2. The Morgan fingerprint density at radius 1 is 0.870 bits per heavy atom. The van der Waals surface area contributed by atoms with E-state index in [-0.39, 0.29) is 5.16 Å². The molecular formula is C20H41BP2. The minimum atomic E-state index is 0.255. The molecular weight excluding hydrogens is 313 g/mol. The van der Waals surface area contributed by atoms with Crippen molar-refractivity contribution in [3.63, 3.8) is 0 Å². The van der Waals surface area contributed by atoms with E-state index in [1.807, 2.05) is 6.08 Å². The Bertz CT molecular complexity index is 412. The van der Waals surface area contributed by atoms with E-state index in [1.54, 1.807) is 0 Å². The first-order valence-corrected chi connectivity index (χ1v) is 11.3. The molecule has 134 valence electrons. The summed E-state index contributed by atoms with van der Waals surface area (Å²) in [5.41, 5.74) is 1.39. The van der Waals surface area contributed by atoms with Crippen LogP contribution >= 0.6 is 17.2 Å². The van der Waals surface area contributed by atoms with Gasteiger partial charge >= 0.3 is 0 Å². The van der Waals surface area contributed by atoms with Crippen molar-refractivity contribution in [2.45, 2.75) is 90.2 Å². The van der Waals surface area contributed by atoms with Crippen LogP contribution in [0.15, 0.2) is 24.3 Å². The van der Waals surface area contributed by atoms with Crippen molar-refractivity contribution >= 4 is 24.4 Å². The third kappa shape index (κ3) is 10.1. The summed E-state index contributed by atoms with van der Waals surface area (Å²) in [6, 6.07) is 0. The van der Waals surface area contributed by atoms with Crippen LogP contribution in [0.25, 0.3) is 0 Å². The molecule has 0 bridgehead atoms. The summed E-state index contributed by atoms with van der Waals surface area (Å²) in [6.07, 6.45) is 6.90. The average molecular weight is 354 g/mol. The summed E-state index contributed by atoms with van der Waals surface area (Å²) < 4.78 is 0. The second kappa shape index (κ2) is 8.67. The lowest BCUT2D eigenvalue weighted by atomic mass is 9.42. The van der Waals surface area contributed by atoms with E-state index in [0.717, 1.165) is 17.2 Å². The fourth-order valence-electron chi connectivity index (χ4n) is 3.22. The third-order valence-electron chi connectivity index (χ3n) is 4.32. The molecule has 0 aromatic heterocycles. The van der Waals surface area contributed by atoms with Gasteiger partial charge in [-0.1, -0.05) is 91.7 Å². The normalized spacial score (nSPS) is 15.8. The molecule has 0 saturated heterocycles. The van der Waals surface area contributed by atoms with Crippen molar-refractivity contribution < 1.29 is 0 Å². The topological polar surface area (TPSA) is 0 Å². The van der Waals surface area contributed by atoms with Gasteiger partial charge in [-0.15, -0.1) is 17.2 Å². The molecule has 23 heavy (non-hydrogen) atoms. The molecule has 0 radical (unpaired) electrons. The van der Waals surface area contributed by atoms with E-state index >= 15 is 0 Å². The minimum Gasteiger partial charge on any atom is -0.117 e. The molecule has 2 unspecified atom stereocenters. The Hall–Kier alpha value is 0.405. The molecule has 0 heterocycles. The molecule has 0 nitrogen and oxygen atoms in total. The maximum atomic E-state index is 3.99. The lowest BCUT2D eigenvalue weighted by Gasteiger charge is -2.37. The van der Waals surface area contributed by atoms with Crippen LogP contribution in [0.2, 0.25) is 10.6 Å². The van der Waals surface area contributed by atoms with Crippen LogP contribution in [0.4, 0.5) is 0 Å². The van der Waals surface area contributed by atoms with E-state index in [1.165, 1.54) is 25.2 Å². The monoisotopic (exact) mass is 354 g/mol. The van der Waals surface area contributed by atoms with Crippen LogP contribution in [-0.2, 0) is 0 Å². The molecule has 3 heteroatoms. The van der Waals surface area contributed by atoms with Crippen LogP contribution in [0.3, 0.4) is 0 Å². The molecule has 0 aliphatic carbocycles. The zero-order chi connectivity index (χ0) is 18.5. The molecule has 0 aromatic carbocycles. The maximum absolute atomic E-state index is 3.99. The smallest absolute Gasteiger partial charge is 0.117 e. The van der Waals surface area contributed by atoms with Crippen LogP contribution in [0.5, 0.6) is 0 Å². The Kier molecular flexibility index (Phi) is 8.82. The fraction of sp³-hybridized carbons (Fsp3) is 0.800. The van der Waals surface area contributed by atoms with Gasteiger partial charge in [0.15, 0.2) is 0 Å². The summed E-state index contributed by atoms with van der Waals surface area (Å²) in [5, 5.41) is 1.56. The highest BCUT2D eigenvalue weighted by molar-refractivity contribution is 7.40. The van der Waals surface area contributed by atoms with Crippen molar-refractivity contribution in [2.24, 2.45) is 0 Å². The Morgan fingerprint density at radius 3 is 1.65 bits per heavy atom. The van der Waals surface area contributed by atoms with Crippen molar-refractivity contribution in [2.75, 3.05) is 12.3 Å². The predicted molar refractivity (Wildman–Crippen MR) is 119 cm³/mol. The standard InChI is InChI=1S/C20H41BP2/c1-12-16(13-2)20(10,11)23-15-19(8,9)21-18(6,7)14-22-17(3,4)5/h12-13,21-23H,1,14-15H2,2-11H3/b16-13+. The summed E-state index contributed by atoms with van der Waals surface area (Å²) in [5.74, 6) is 0. The Balaban J connectivity index is 4.73. The predicted octanol–water partition coefficient (Wildman–Crippen LogP) is 6.89. The first kappa shape index (κ1) is 23.4. The molecule has 0 N–H and O–H groups in total. The maximum Gasteiger partial charge on any atom is 0.134 e. The average Bonchev–Trinajstić information content (AvgIpc) is 2.34. The third-order valence-corrected chi connectivity index (χ3v) is 8.82. The van der Waals surface area contributed by atoms with E-state index in [4.69, 9.17) is 0 Å². The Morgan fingerprint density at radius 2 is 1.30 bits per heavy atom. The highest BCUT2D eigenvalue weighted by Crippen LogP contribution is 2.48. The van der Waals surface area contributed by atoms with Gasteiger partial charge in [0.1, 0.15) is 7.28 Å². The lowest BCUT2D eigenvalue weighted by Crippen LogP contribution is -2.29. The zero-order valence-electron chi connectivity index (χ0n) is 17.5. The molecule has 0 saturated carbocycles. The first-order valence-electron chi connectivity index (χ1n) is 8.93. The zero-order valence-corrected chi connectivity index (χ0v) is 19.5. The summed E-state index contributed by atoms with van der Waals surface area (Å²) in [4.78, 5) is 0. The highest BCUT2D eigenvalue weighted by Gasteiger charge is 2.33. The van der Waals surface area contributed by atoms with Crippen LogP contribution in [-0.4, -0.2) is 29.9 Å². The van der Waals surface area contributed by atoms with Crippen molar-refractivity contribution in [1.82, 2.24) is 0 Å². The van der Waals surface area contributed by atoms with Crippen LogP contribution in [0, 0.1) is 0 Å². The summed E-state index contributed by atoms with van der Waals surface area (Å²) in [7, 11) is 3.30. The van der Waals surface area contributed by atoms with Crippen LogP contribution in [0.1, 0.15) is 69.2 Å². The van der Waals surface area contributed by atoms with Gasteiger partial charge in [0.25, 0.3) is 0 Å². The van der Waals surface area contributed by atoms with Crippen molar-refractivity contribution in [3.05, 3.63) is 24.3 Å². The molecule has 0 amide bonds. The van der Waals surface area contributed by atoms with Gasteiger partial charge in [-0.25, -0.2) is 0 Å². The van der Waals surface area contributed by atoms with Gasteiger partial charge in [0.2, 0.25) is 0 Å². The van der Waals surface area contributed by atoms with Gasteiger partial charge in [0, 0.05) is 5.16 Å². The van der Waals surface area contributed by atoms with E-state index in [9.17, 15) is 0 Å². The SMILES string of the molecule is C=C/C(=C\C)C(C)(C)PCC(C)(C)BC(C)(C)CPC(C)(C)C. The number of hydrogen-bond acceptors (Lipinski definition) is 0. The van der Waals surface area contributed by atoms with Crippen molar-refractivity contribution in [1.29, 1.82) is 0 Å². The highest BCUT2D eigenvalue weighted by atomic mass is 31.1. The number of allylic oxidation sites excluding steroid dienone is 3. The first-order chi connectivity index (χ1) is 10.1. The van der Waals surface area contributed by atoms with E-state index in [0.29, 0.717) is 15.8 Å². The molecule has 0 spiro atoms. The van der Waals surface area contributed by atoms with Gasteiger partial charge in [-0.05, 0) is 30.0 Å². The molecule has 0 aliphatic rings. The van der Waals surface area contributed by atoms with E-state index < -0.39 is 0 Å². The number of hydrogen-bond donors (Lipinski definition) is 0. The second-order valence-electron chi connectivity index (χ2n) is 10.0. The summed E-state index contributed by atoms with van der Waals surface area (Å²) >= 11 is 0. The van der Waals surface area contributed by atoms with E-state index in [2.05, 4.69) is 81.9 Å². The largest absolute Gasteiger partial charge is 0.134 e. The van der Waals surface area contributed by atoms with Gasteiger partial charge in [-0.3, -0.25) is 0 Å².